The summed E-state index contributed by atoms with van der Waals surface area (Å²) in [5, 5.41) is 14.6. The van der Waals surface area contributed by atoms with Crippen molar-refractivity contribution < 1.29 is 4.74 Å². The number of benzene rings is 1. The third-order valence-electron chi connectivity index (χ3n) is 3.16. The molecule has 1 aromatic heterocycles. The van der Waals surface area contributed by atoms with Crippen LogP contribution < -0.4 is 4.74 Å². The van der Waals surface area contributed by atoms with Crippen molar-refractivity contribution in [2.45, 2.75) is 13.1 Å². The molecule has 5 nitrogen and oxygen atoms in total. The van der Waals surface area contributed by atoms with Gasteiger partial charge in [-0.05, 0) is 43.4 Å². The molecule has 0 N–H and O–H groups in total. The molecule has 1 unspecified atom stereocenters. The first-order valence-electron chi connectivity index (χ1n) is 6.66. The van der Waals surface area contributed by atoms with Gasteiger partial charge in [-0.1, -0.05) is 12.1 Å². The topological polar surface area (TPSA) is 49.6 Å². The minimum Gasteiger partial charge on any atom is -0.497 e. The van der Waals surface area contributed by atoms with Crippen molar-refractivity contribution >= 4 is 34.9 Å². The number of aryl methyl sites for hydroxylation is 1. The van der Waals surface area contributed by atoms with Crippen molar-refractivity contribution in [2.75, 3.05) is 7.11 Å². The van der Waals surface area contributed by atoms with E-state index in [9.17, 15) is 0 Å². The summed E-state index contributed by atoms with van der Waals surface area (Å²) in [6.07, 6.45) is 1.47. The molecular weight excluding hydrogens is 316 g/mol. The molecule has 0 bridgehead atoms. The van der Waals surface area contributed by atoms with Crippen LogP contribution >= 0.6 is 23.6 Å². The molecule has 0 saturated heterocycles. The van der Waals surface area contributed by atoms with Crippen molar-refractivity contribution in [1.82, 2.24) is 5.01 Å². The lowest BCUT2D eigenvalue weighted by Crippen LogP contribution is -2.21. The number of azo groups is 1. The quantitative estimate of drug-likeness (QED) is 0.625. The first kappa shape index (κ1) is 14.8. The second kappa shape index (κ2) is 6.33. The van der Waals surface area contributed by atoms with E-state index in [0.717, 1.165) is 16.2 Å². The highest BCUT2D eigenvalue weighted by molar-refractivity contribution is 7.80. The minimum atomic E-state index is -0.323. The predicted octanol–water partition coefficient (Wildman–Crippen LogP) is 4.15. The fraction of sp³-hybridized carbons (Fsp3) is 0.200. The smallest absolute Gasteiger partial charge is 0.238 e. The van der Waals surface area contributed by atoms with Gasteiger partial charge in [-0.15, -0.1) is 16.5 Å². The van der Waals surface area contributed by atoms with Crippen LogP contribution in [0.4, 0.5) is 0 Å². The summed E-state index contributed by atoms with van der Waals surface area (Å²) in [6.45, 7) is 2.06. The van der Waals surface area contributed by atoms with Crippen LogP contribution in [0.5, 0.6) is 5.75 Å². The number of ether oxygens (including phenoxy) is 1. The van der Waals surface area contributed by atoms with Crippen LogP contribution in [0, 0.1) is 6.92 Å². The van der Waals surface area contributed by atoms with Crippen LogP contribution in [0.1, 0.15) is 21.5 Å². The van der Waals surface area contributed by atoms with Gasteiger partial charge in [-0.25, -0.2) is 5.01 Å². The average Bonchev–Trinajstić information content (AvgIpc) is 3.11. The SMILES string of the molecule is COc1ccc(C2N=NC(=S)N2N=Cc2ccc(C)s2)cc1. The zero-order chi connectivity index (χ0) is 15.5. The van der Waals surface area contributed by atoms with Crippen LogP contribution in [0.2, 0.25) is 0 Å². The van der Waals surface area contributed by atoms with E-state index in [-0.39, 0.29) is 6.17 Å². The van der Waals surface area contributed by atoms with Gasteiger partial charge in [0, 0.05) is 15.3 Å². The monoisotopic (exact) mass is 330 g/mol. The molecule has 3 rings (SSSR count). The fourth-order valence-electron chi connectivity index (χ4n) is 2.04. The summed E-state index contributed by atoms with van der Waals surface area (Å²) < 4.78 is 5.17. The molecule has 1 atom stereocenters. The summed E-state index contributed by atoms with van der Waals surface area (Å²) in [5.74, 6) is 0.797. The Bertz CT molecular complexity index is 736. The maximum absolute atomic E-state index is 5.22. The average molecular weight is 330 g/mol. The molecular formula is C15H14N4OS2. The van der Waals surface area contributed by atoms with Crippen molar-refractivity contribution in [3.05, 3.63) is 51.7 Å². The summed E-state index contributed by atoms with van der Waals surface area (Å²) in [7, 11) is 1.64. The molecule has 7 heteroatoms. The van der Waals surface area contributed by atoms with Gasteiger partial charge in [0.25, 0.3) is 0 Å². The van der Waals surface area contributed by atoms with Crippen molar-refractivity contribution in [2.24, 2.45) is 15.3 Å². The van der Waals surface area contributed by atoms with Crippen molar-refractivity contribution in [3.8, 4) is 5.75 Å². The van der Waals surface area contributed by atoms with Gasteiger partial charge < -0.3 is 4.74 Å². The Morgan fingerprint density at radius 1 is 1.27 bits per heavy atom. The lowest BCUT2D eigenvalue weighted by atomic mass is 10.1. The van der Waals surface area contributed by atoms with E-state index in [2.05, 4.69) is 28.3 Å². The first-order valence-corrected chi connectivity index (χ1v) is 7.88. The highest BCUT2D eigenvalue weighted by atomic mass is 32.1. The van der Waals surface area contributed by atoms with Crippen LogP contribution in [-0.4, -0.2) is 23.4 Å². The van der Waals surface area contributed by atoms with Gasteiger partial charge in [0.05, 0.1) is 13.3 Å². The number of nitrogens with zero attached hydrogens (tertiary/aromatic N) is 4. The molecule has 0 fully saturated rings. The van der Waals surface area contributed by atoms with Gasteiger partial charge in [-0.2, -0.15) is 10.2 Å². The molecule has 2 heterocycles. The van der Waals surface area contributed by atoms with Crippen LogP contribution in [0.3, 0.4) is 0 Å². The molecule has 0 saturated carbocycles. The number of rotatable bonds is 4. The number of thiocarbonyl (C=S) groups is 1. The molecule has 112 valence electrons. The van der Waals surface area contributed by atoms with E-state index in [1.165, 1.54) is 4.88 Å². The summed E-state index contributed by atoms with van der Waals surface area (Å²) in [5.41, 5.74) is 0.962. The largest absolute Gasteiger partial charge is 0.497 e. The standard InChI is InChI=1S/C15H14N4OS2/c1-10-3-8-13(22-10)9-16-19-14(17-18-15(19)21)11-4-6-12(20-2)7-5-11/h3-9,14H,1-2H3. The van der Waals surface area contributed by atoms with E-state index in [4.69, 9.17) is 17.0 Å². The lowest BCUT2D eigenvalue weighted by molar-refractivity contribution is 0.366. The highest BCUT2D eigenvalue weighted by Gasteiger charge is 2.27. The number of hydrazone groups is 1. The molecule has 1 aromatic carbocycles. The van der Waals surface area contributed by atoms with Crippen LogP contribution in [0.15, 0.2) is 51.7 Å². The first-order chi connectivity index (χ1) is 10.7. The zero-order valence-electron chi connectivity index (χ0n) is 12.1. The number of thiophene rings is 1. The Balaban J connectivity index is 1.82. The Hall–Kier alpha value is -2.12. The Morgan fingerprint density at radius 2 is 2.05 bits per heavy atom. The molecule has 22 heavy (non-hydrogen) atoms. The van der Waals surface area contributed by atoms with E-state index in [1.54, 1.807) is 29.7 Å². The van der Waals surface area contributed by atoms with Gasteiger partial charge >= 0.3 is 0 Å². The van der Waals surface area contributed by atoms with Gasteiger partial charge in [0.2, 0.25) is 5.11 Å². The number of hydrogen-bond acceptors (Lipinski definition) is 5. The Labute approximate surface area is 137 Å². The molecule has 0 amide bonds. The molecule has 2 aromatic rings. The van der Waals surface area contributed by atoms with E-state index in [0.29, 0.717) is 5.11 Å². The van der Waals surface area contributed by atoms with E-state index in [1.807, 2.05) is 30.3 Å². The Kier molecular flexibility index (Phi) is 4.26. The third kappa shape index (κ3) is 3.05. The lowest BCUT2D eigenvalue weighted by Gasteiger charge is -2.17. The second-order valence-corrected chi connectivity index (χ2v) is 6.37. The van der Waals surface area contributed by atoms with Crippen LogP contribution in [0.25, 0.3) is 0 Å². The Morgan fingerprint density at radius 3 is 2.68 bits per heavy atom. The summed E-state index contributed by atoms with van der Waals surface area (Å²) in [6, 6.07) is 11.7. The van der Waals surface area contributed by atoms with Gasteiger partial charge in [0.15, 0.2) is 6.17 Å². The van der Waals surface area contributed by atoms with Gasteiger partial charge in [0.1, 0.15) is 5.75 Å². The molecule has 0 aliphatic carbocycles. The maximum atomic E-state index is 5.22. The predicted molar refractivity (Wildman–Crippen MR) is 91.7 cm³/mol. The summed E-state index contributed by atoms with van der Waals surface area (Å²) in [4.78, 5) is 2.31. The van der Waals surface area contributed by atoms with Crippen molar-refractivity contribution in [1.29, 1.82) is 0 Å². The number of methoxy groups -OCH3 is 1. The molecule has 0 spiro atoms. The maximum Gasteiger partial charge on any atom is 0.238 e. The molecule has 1 aliphatic heterocycles. The van der Waals surface area contributed by atoms with E-state index >= 15 is 0 Å². The minimum absolute atomic E-state index is 0.323. The third-order valence-corrected chi connectivity index (χ3v) is 4.37. The molecule has 1 aliphatic rings. The summed E-state index contributed by atoms with van der Waals surface area (Å²) >= 11 is 6.89. The van der Waals surface area contributed by atoms with Crippen LogP contribution in [-0.2, 0) is 0 Å². The highest BCUT2D eigenvalue weighted by Crippen LogP contribution is 2.30. The fourth-order valence-corrected chi connectivity index (χ4v) is 2.98. The number of hydrogen-bond donors (Lipinski definition) is 0. The van der Waals surface area contributed by atoms with Gasteiger partial charge in [-0.3, -0.25) is 0 Å². The second-order valence-electron chi connectivity index (χ2n) is 4.68. The normalized spacial score (nSPS) is 17.6. The zero-order valence-corrected chi connectivity index (χ0v) is 13.8. The molecule has 0 radical (unpaired) electrons. The van der Waals surface area contributed by atoms with Crippen molar-refractivity contribution in [3.63, 3.8) is 0 Å². The van der Waals surface area contributed by atoms with E-state index < -0.39 is 0 Å².